The molecule has 0 aromatic heterocycles. The van der Waals surface area contributed by atoms with Crippen molar-refractivity contribution in [2.75, 3.05) is 27.3 Å². The van der Waals surface area contributed by atoms with Crippen LogP contribution in [0.3, 0.4) is 0 Å². The summed E-state index contributed by atoms with van der Waals surface area (Å²) in [4.78, 5) is 15.0. The Balaban J connectivity index is 1.98. The van der Waals surface area contributed by atoms with Gasteiger partial charge in [-0.3, -0.25) is 9.69 Å². The molecule has 6 heteroatoms. The van der Waals surface area contributed by atoms with Crippen molar-refractivity contribution in [1.29, 1.82) is 0 Å². The number of phenolic OH excluding ortho intramolecular Hbond substituents is 2. The van der Waals surface area contributed by atoms with Gasteiger partial charge < -0.3 is 19.7 Å². The van der Waals surface area contributed by atoms with Crippen LogP contribution >= 0.6 is 0 Å². The van der Waals surface area contributed by atoms with Gasteiger partial charge in [-0.05, 0) is 44.1 Å². The minimum absolute atomic E-state index is 0.0362. The summed E-state index contributed by atoms with van der Waals surface area (Å²) in [5, 5.41) is 21.0. The lowest BCUT2D eigenvalue weighted by molar-refractivity contribution is -0.126. The third-order valence-electron chi connectivity index (χ3n) is 6.53. The van der Waals surface area contributed by atoms with Gasteiger partial charge in [-0.15, -0.1) is 0 Å². The quantitative estimate of drug-likeness (QED) is 0.790. The molecule has 4 rings (SSSR count). The van der Waals surface area contributed by atoms with Crippen LogP contribution < -0.4 is 0 Å². The highest BCUT2D eigenvalue weighted by atomic mass is 16.5. The standard InChI is InChI=1S/C21H27NO5/c1-4-9-27-20-12-5-6-14(23)19(25)17(12)21-7-8-22(2)18(20)13(21)10-16(26-3)15(24)11-21/h5-6,10,13,18,20,23,25H,4,7-9,11H2,1-3H3/t13?,18-,20-,21-/m1/s1. The number of hydrogen-bond donors (Lipinski definition) is 2. The number of carbonyl (C=O) groups is 1. The van der Waals surface area contributed by atoms with Gasteiger partial charge in [-0.25, -0.2) is 0 Å². The number of hydrogen-bond acceptors (Lipinski definition) is 6. The van der Waals surface area contributed by atoms with Gasteiger partial charge in [0.2, 0.25) is 0 Å². The van der Waals surface area contributed by atoms with E-state index in [9.17, 15) is 15.0 Å². The molecule has 1 saturated heterocycles. The second-order valence-electron chi connectivity index (χ2n) is 7.93. The van der Waals surface area contributed by atoms with Gasteiger partial charge in [0.05, 0.1) is 13.2 Å². The van der Waals surface area contributed by atoms with Crippen molar-refractivity contribution in [3.05, 3.63) is 35.1 Å². The molecule has 4 atom stereocenters. The van der Waals surface area contributed by atoms with Crippen LogP contribution in [0.5, 0.6) is 11.5 Å². The lowest BCUT2D eigenvalue weighted by Gasteiger charge is -2.58. The monoisotopic (exact) mass is 373 g/mol. The summed E-state index contributed by atoms with van der Waals surface area (Å²) in [7, 11) is 3.60. The van der Waals surface area contributed by atoms with Crippen molar-refractivity contribution in [3.63, 3.8) is 0 Å². The minimum Gasteiger partial charge on any atom is -0.504 e. The Labute approximate surface area is 159 Å². The van der Waals surface area contributed by atoms with E-state index in [1.54, 1.807) is 0 Å². The average Bonchev–Trinajstić information content (AvgIpc) is 2.65. The molecular weight excluding hydrogens is 346 g/mol. The molecule has 0 spiro atoms. The largest absolute Gasteiger partial charge is 0.504 e. The van der Waals surface area contributed by atoms with Crippen LogP contribution in [0.15, 0.2) is 24.0 Å². The average molecular weight is 373 g/mol. The second kappa shape index (κ2) is 6.53. The highest BCUT2D eigenvalue weighted by Gasteiger charge is 2.59. The van der Waals surface area contributed by atoms with Crippen molar-refractivity contribution in [2.24, 2.45) is 5.92 Å². The van der Waals surface area contributed by atoms with Crippen LogP contribution in [0.4, 0.5) is 0 Å². The Morgan fingerprint density at radius 3 is 2.81 bits per heavy atom. The molecule has 1 aromatic carbocycles. The summed E-state index contributed by atoms with van der Waals surface area (Å²) < 4.78 is 11.6. The maximum atomic E-state index is 12.7. The van der Waals surface area contributed by atoms with Crippen LogP contribution in [-0.2, 0) is 19.7 Å². The molecule has 6 nitrogen and oxygen atoms in total. The summed E-state index contributed by atoms with van der Waals surface area (Å²) in [6.45, 7) is 3.47. The predicted octanol–water partition coefficient (Wildman–Crippen LogP) is 2.64. The number of benzene rings is 1. The number of likely N-dealkylation sites (N-methyl/N-ethyl adjacent to an activating group) is 1. The maximum Gasteiger partial charge on any atom is 0.197 e. The number of piperidine rings is 1. The number of aromatic hydroxyl groups is 2. The van der Waals surface area contributed by atoms with E-state index >= 15 is 0 Å². The Morgan fingerprint density at radius 2 is 2.11 bits per heavy atom. The number of ether oxygens (including phenoxy) is 2. The number of methoxy groups -OCH3 is 1. The number of likely N-dealkylation sites (tertiary alicyclic amines) is 1. The molecule has 2 bridgehead atoms. The zero-order chi connectivity index (χ0) is 19.3. The summed E-state index contributed by atoms with van der Waals surface area (Å²) >= 11 is 0. The topological polar surface area (TPSA) is 79.2 Å². The molecule has 27 heavy (non-hydrogen) atoms. The van der Waals surface area contributed by atoms with E-state index in [0.717, 1.165) is 24.9 Å². The normalized spacial score (nSPS) is 32.5. The van der Waals surface area contributed by atoms with Gasteiger partial charge in [-0.2, -0.15) is 0 Å². The zero-order valence-electron chi connectivity index (χ0n) is 16.1. The number of Topliss-reactive ketones (excluding diaryl/α,β-unsaturated/α-hetero) is 1. The number of phenols is 2. The third-order valence-corrected chi connectivity index (χ3v) is 6.53. The van der Waals surface area contributed by atoms with E-state index in [4.69, 9.17) is 9.47 Å². The first-order chi connectivity index (χ1) is 12.9. The highest BCUT2D eigenvalue weighted by Crippen LogP contribution is 2.60. The van der Waals surface area contributed by atoms with Crippen molar-refractivity contribution in [3.8, 4) is 11.5 Å². The molecule has 146 valence electrons. The summed E-state index contributed by atoms with van der Waals surface area (Å²) in [5.41, 5.74) is 1.02. The summed E-state index contributed by atoms with van der Waals surface area (Å²) in [6, 6.07) is 3.40. The Morgan fingerprint density at radius 1 is 1.33 bits per heavy atom. The molecule has 1 aromatic rings. The zero-order valence-corrected chi connectivity index (χ0v) is 16.1. The van der Waals surface area contributed by atoms with E-state index < -0.39 is 5.41 Å². The predicted molar refractivity (Wildman–Crippen MR) is 99.7 cm³/mol. The highest BCUT2D eigenvalue weighted by molar-refractivity contribution is 5.96. The fraction of sp³-hybridized carbons (Fsp3) is 0.571. The SMILES string of the molecule is CCCO[C@@H]1c2ccc(O)c(O)c2[C@@]23CCN(C)[C@@H]1C2C=C(OC)C(=O)C3. The fourth-order valence-electron chi connectivity index (χ4n) is 5.34. The molecule has 2 N–H and O–H groups in total. The van der Waals surface area contributed by atoms with Crippen molar-refractivity contribution >= 4 is 5.78 Å². The molecule has 2 aliphatic carbocycles. The first kappa shape index (κ1) is 18.3. The summed E-state index contributed by atoms with van der Waals surface area (Å²) in [6.07, 6.45) is 3.57. The van der Waals surface area contributed by atoms with Crippen molar-refractivity contribution in [1.82, 2.24) is 4.90 Å². The van der Waals surface area contributed by atoms with Gasteiger partial charge >= 0.3 is 0 Å². The Bertz CT molecular complexity index is 804. The lowest BCUT2D eigenvalue weighted by atomic mass is 9.52. The second-order valence-corrected chi connectivity index (χ2v) is 7.93. The number of ketones is 1. The first-order valence-corrected chi connectivity index (χ1v) is 9.60. The van der Waals surface area contributed by atoms with Gasteiger partial charge in [0, 0.05) is 36.0 Å². The number of rotatable bonds is 4. The number of allylic oxidation sites excluding steroid dienone is 1. The molecule has 0 amide bonds. The van der Waals surface area contributed by atoms with Crippen LogP contribution in [-0.4, -0.2) is 54.2 Å². The number of nitrogens with zero attached hydrogens (tertiary/aromatic N) is 1. The molecule has 3 aliphatic rings. The van der Waals surface area contributed by atoms with Gasteiger partial charge in [-0.1, -0.05) is 13.0 Å². The van der Waals surface area contributed by atoms with E-state index in [0.29, 0.717) is 17.9 Å². The van der Waals surface area contributed by atoms with E-state index in [1.165, 1.54) is 13.2 Å². The number of fused-ring (bicyclic) bond motifs is 1. The Hall–Kier alpha value is -2.05. The van der Waals surface area contributed by atoms with Crippen molar-refractivity contribution in [2.45, 2.75) is 43.7 Å². The Kier molecular flexibility index (Phi) is 4.43. The van der Waals surface area contributed by atoms with E-state index in [2.05, 4.69) is 18.9 Å². The molecule has 1 heterocycles. The molecule has 1 fully saturated rings. The maximum absolute atomic E-state index is 12.7. The van der Waals surface area contributed by atoms with Crippen LogP contribution in [0.1, 0.15) is 43.4 Å². The van der Waals surface area contributed by atoms with Crippen LogP contribution in [0, 0.1) is 5.92 Å². The van der Waals surface area contributed by atoms with E-state index in [-0.39, 0.29) is 41.8 Å². The molecule has 0 saturated carbocycles. The lowest BCUT2D eigenvalue weighted by Crippen LogP contribution is -2.62. The van der Waals surface area contributed by atoms with Gasteiger partial charge in [0.1, 0.15) is 0 Å². The number of carbonyl (C=O) groups excluding carboxylic acids is 1. The van der Waals surface area contributed by atoms with Gasteiger partial charge in [0.25, 0.3) is 0 Å². The minimum atomic E-state index is -0.541. The van der Waals surface area contributed by atoms with E-state index in [1.807, 2.05) is 12.1 Å². The summed E-state index contributed by atoms with van der Waals surface area (Å²) in [5.74, 6) is 0.0213. The van der Waals surface area contributed by atoms with Crippen LogP contribution in [0.25, 0.3) is 0 Å². The molecular formula is C21H27NO5. The van der Waals surface area contributed by atoms with Crippen LogP contribution in [0.2, 0.25) is 0 Å². The van der Waals surface area contributed by atoms with Gasteiger partial charge in [0.15, 0.2) is 23.0 Å². The smallest absolute Gasteiger partial charge is 0.197 e. The van der Waals surface area contributed by atoms with Crippen molar-refractivity contribution < 1.29 is 24.5 Å². The third kappa shape index (κ3) is 2.50. The molecule has 0 radical (unpaired) electrons. The first-order valence-electron chi connectivity index (χ1n) is 9.60. The molecule has 1 unspecified atom stereocenters. The molecule has 1 aliphatic heterocycles. The fourth-order valence-corrected chi connectivity index (χ4v) is 5.34.